The van der Waals surface area contributed by atoms with Gasteiger partial charge in [-0.05, 0) is 27.7 Å². The van der Waals surface area contributed by atoms with E-state index in [4.69, 9.17) is 9.84 Å². The second-order valence-corrected chi connectivity index (χ2v) is 5.42. The molecule has 17 heavy (non-hydrogen) atoms. The molecule has 0 aliphatic rings. The van der Waals surface area contributed by atoms with Crippen molar-refractivity contribution >= 4 is 16.9 Å². The molecule has 0 saturated heterocycles. The van der Waals surface area contributed by atoms with Crippen LogP contribution in [0.1, 0.15) is 34.1 Å². The number of ether oxygens (including phenoxy) is 1. The summed E-state index contributed by atoms with van der Waals surface area (Å²) in [7, 11) is 0. The highest BCUT2D eigenvalue weighted by atomic mass is 32.2. The highest BCUT2D eigenvalue weighted by molar-refractivity contribution is 8.13. The molecule has 0 fully saturated rings. The maximum absolute atomic E-state index is 11.5. The Labute approximate surface area is 109 Å². The third kappa shape index (κ3) is 8.60. The lowest BCUT2D eigenvalue weighted by Crippen LogP contribution is -2.38. The van der Waals surface area contributed by atoms with Gasteiger partial charge in [0.1, 0.15) is 0 Å². The molecule has 0 saturated carbocycles. The third-order valence-corrected chi connectivity index (χ3v) is 3.25. The average molecular weight is 263 g/mol. The molecule has 102 valence electrons. The minimum atomic E-state index is 0.00320. The first-order chi connectivity index (χ1) is 7.99. The van der Waals surface area contributed by atoms with Crippen molar-refractivity contribution in [2.45, 2.75) is 46.2 Å². The number of carbonyl (C=O) groups excluding carboxylic acids is 1. The summed E-state index contributed by atoms with van der Waals surface area (Å²) in [5.74, 6) is 0.336. The number of aliphatic hydroxyl groups excluding tert-OH is 1. The lowest BCUT2D eigenvalue weighted by Gasteiger charge is -2.30. The number of rotatable bonds is 9. The van der Waals surface area contributed by atoms with Crippen molar-refractivity contribution in [3.8, 4) is 0 Å². The third-order valence-electron chi connectivity index (χ3n) is 2.44. The number of thioether (sulfide) groups is 1. The predicted octanol–water partition coefficient (Wildman–Crippen LogP) is 1.72. The molecule has 0 spiro atoms. The van der Waals surface area contributed by atoms with Gasteiger partial charge in [0.15, 0.2) is 5.12 Å². The molecule has 0 amide bonds. The molecule has 4 nitrogen and oxygen atoms in total. The van der Waals surface area contributed by atoms with E-state index >= 15 is 0 Å². The Balaban J connectivity index is 3.73. The first-order valence-corrected chi connectivity index (χ1v) is 7.07. The fourth-order valence-corrected chi connectivity index (χ4v) is 2.20. The fourth-order valence-electron chi connectivity index (χ4n) is 1.64. The molecule has 0 rings (SSSR count). The zero-order chi connectivity index (χ0) is 13.3. The molecule has 0 aromatic carbocycles. The van der Waals surface area contributed by atoms with Gasteiger partial charge in [-0.25, -0.2) is 0 Å². The number of carbonyl (C=O) groups is 1. The maximum Gasteiger partial charge on any atom is 0.192 e. The van der Waals surface area contributed by atoms with Crippen LogP contribution in [0.3, 0.4) is 0 Å². The summed E-state index contributed by atoms with van der Waals surface area (Å²) in [6, 6.07) is 0.914. The highest BCUT2D eigenvalue weighted by Gasteiger charge is 2.14. The average Bonchev–Trinajstić information content (AvgIpc) is 2.23. The normalized spacial score (nSPS) is 11.8. The molecule has 0 aliphatic carbocycles. The predicted molar refractivity (Wildman–Crippen MR) is 72.1 cm³/mol. The summed E-state index contributed by atoms with van der Waals surface area (Å²) >= 11 is 1.18. The van der Waals surface area contributed by atoms with Crippen LogP contribution in [0.4, 0.5) is 0 Å². The maximum atomic E-state index is 11.5. The molecular weight excluding hydrogens is 238 g/mol. The van der Waals surface area contributed by atoms with Crippen molar-refractivity contribution in [1.82, 2.24) is 4.90 Å². The van der Waals surface area contributed by atoms with Crippen LogP contribution in [0, 0.1) is 0 Å². The molecule has 0 bridgehead atoms. The lowest BCUT2D eigenvalue weighted by molar-refractivity contribution is -0.111. The summed E-state index contributed by atoms with van der Waals surface area (Å²) < 4.78 is 5.03. The van der Waals surface area contributed by atoms with Crippen molar-refractivity contribution in [2.24, 2.45) is 0 Å². The number of aliphatic hydroxyl groups is 1. The molecule has 0 heterocycles. The molecule has 0 aliphatic heterocycles. The Morgan fingerprint density at radius 1 is 1.29 bits per heavy atom. The SMILES string of the molecule is CC(C)N(CCC(=O)SCOCCO)C(C)C. The second-order valence-electron chi connectivity index (χ2n) is 4.44. The quantitative estimate of drug-likeness (QED) is 0.507. The topological polar surface area (TPSA) is 49.8 Å². The fraction of sp³-hybridized carbons (Fsp3) is 0.917. The Morgan fingerprint density at radius 2 is 1.88 bits per heavy atom. The van der Waals surface area contributed by atoms with Gasteiger partial charge in [-0.2, -0.15) is 0 Å². The smallest absolute Gasteiger partial charge is 0.192 e. The zero-order valence-corrected chi connectivity index (χ0v) is 12.1. The number of nitrogens with zero attached hydrogens (tertiary/aromatic N) is 1. The molecule has 0 radical (unpaired) electrons. The summed E-state index contributed by atoms with van der Waals surface area (Å²) in [5, 5.41) is 8.65. The van der Waals surface area contributed by atoms with Gasteiger partial charge >= 0.3 is 0 Å². The van der Waals surface area contributed by atoms with Gasteiger partial charge in [0.25, 0.3) is 0 Å². The lowest BCUT2D eigenvalue weighted by atomic mass is 10.2. The zero-order valence-electron chi connectivity index (χ0n) is 11.3. The van der Waals surface area contributed by atoms with Crippen LogP contribution in [0.2, 0.25) is 0 Å². The minimum Gasteiger partial charge on any atom is -0.394 e. The van der Waals surface area contributed by atoms with Crippen LogP contribution in [0.15, 0.2) is 0 Å². The van der Waals surface area contributed by atoms with Gasteiger partial charge in [-0.1, -0.05) is 11.8 Å². The van der Waals surface area contributed by atoms with E-state index in [1.165, 1.54) is 11.8 Å². The van der Waals surface area contributed by atoms with Crippen molar-refractivity contribution in [2.75, 3.05) is 25.7 Å². The molecular formula is C12H25NO3S. The van der Waals surface area contributed by atoms with E-state index in [0.29, 0.717) is 31.1 Å². The van der Waals surface area contributed by atoms with Crippen molar-refractivity contribution in [3.63, 3.8) is 0 Å². The van der Waals surface area contributed by atoms with Gasteiger partial charge in [-0.3, -0.25) is 9.69 Å². The van der Waals surface area contributed by atoms with Gasteiger partial charge in [-0.15, -0.1) is 0 Å². The van der Waals surface area contributed by atoms with Gasteiger partial charge in [0.2, 0.25) is 0 Å². The van der Waals surface area contributed by atoms with Crippen LogP contribution in [0.25, 0.3) is 0 Å². The van der Waals surface area contributed by atoms with Crippen LogP contribution >= 0.6 is 11.8 Å². The Kier molecular flexibility index (Phi) is 9.82. The van der Waals surface area contributed by atoms with Crippen LogP contribution < -0.4 is 0 Å². The first-order valence-electron chi connectivity index (χ1n) is 6.09. The van der Waals surface area contributed by atoms with Crippen molar-refractivity contribution in [1.29, 1.82) is 0 Å². The van der Waals surface area contributed by atoms with E-state index in [1.54, 1.807) is 0 Å². The van der Waals surface area contributed by atoms with Crippen LogP contribution in [-0.2, 0) is 9.53 Å². The van der Waals surface area contributed by atoms with Gasteiger partial charge < -0.3 is 9.84 Å². The van der Waals surface area contributed by atoms with E-state index in [9.17, 15) is 4.79 Å². The van der Waals surface area contributed by atoms with Gasteiger partial charge in [0.05, 0.1) is 19.2 Å². The van der Waals surface area contributed by atoms with Crippen LogP contribution in [0.5, 0.6) is 0 Å². The molecule has 1 N–H and O–H groups in total. The molecule has 0 aromatic rings. The van der Waals surface area contributed by atoms with E-state index in [-0.39, 0.29) is 11.7 Å². The summed E-state index contributed by atoms with van der Waals surface area (Å²) in [5.41, 5.74) is 0. The van der Waals surface area contributed by atoms with Gasteiger partial charge in [0, 0.05) is 25.0 Å². The van der Waals surface area contributed by atoms with Crippen molar-refractivity contribution < 1.29 is 14.6 Å². The van der Waals surface area contributed by atoms with Crippen molar-refractivity contribution in [3.05, 3.63) is 0 Å². The first kappa shape index (κ1) is 16.9. The largest absolute Gasteiger partial charge is 0.394 e. The monoisotopic (exact) mass is 263 g/mol. The Morgan fingerprint density at radius 3 is 2.35 bits per heavy atom. The van der Waals surface area contributed by atoms with E-state index in [0.717, 1.165) is 6.54 Å². The standard InChI is InChI=1S/C12H25NO3S/c1-10(2)13(11(3)4)6-5-12(15)17-9-16-8-7-14/h10-11,14H,5-9H2,1-4H3. The van der Waals surface area contributed by atoms with E-state index in [1.807, 2.05) is 0 Å². The number of hydrogen-bond donors (Lipinski definition) is 1. The summed E-state index contributed by atoms with van der Waals surface area (Å²) in [6.07, 6.45) is 0.545. The Hall–Kier alpha value is -0.100. The molecule has 5 heteroatoms. The summed E-state index contributed by atoms with van der Waals surface area (Å²) in [6.45, 7) is 9.66. The molecule has 0 aromatic heterocycles. The Bertz CT molecular complexity index is 202. The number of hydrogen-bond acceptors (Lipinski definition) is 5. The molecule has 0 unspecified atom stereocenters. The van der Waals surface area contributed by atoms with E-state index in [2.05, 4.69) is 32.6 Å². The minimum absolute atomic E-state index is 0.00320. The highest BCUT2D eigenvalue weighted by Crippen LogP contribution is 2.10. The van der Waals surface area contributed by atoms with Crippen LogP contribution in [-0.4, -0.2) is 52.9 Å². The second kappa shape index (κ2) is 9.88. The molecule has 0 atom stereocenters. The van der Waals surface area contributed by atoms with E-state index < -0.39 is 0 Å². The summed E-state index contributed by atoms with van der Waals surface area (Å²) in [4.78, 5) is 13.8.